The van der Waals surface area contributed by atoms with Crippen LogP contribution in [0.1, 0.15) is 30.4 Å². The Balaban J connectivity index is 2.00. The highest BCUT2D eigenvalue weighted by Gasteiger charge is 2.57. The van der Waals surface area contributed by atoms with Gasteiger partial charge in [0.2, 0.25) is 10.0 Å². The minimum Gasteiger partial charge on any atom is -0.481 e. The van der Waals surface area contributed by atoms with E-state index in [-0.39, 0.29) is 29.5 Å². The Kier molecular flexibility index (Phi) is 3.69. The maximum Gasteiger partial charge on any atom is 0.311 e. The summed E-state index contributed by atoms with van der Waals surface area (Å²) in [5, 5.41) is 18.6. The lowest BCUT2D eigenvalue weighted by Gasteiger charge is -2.23. The highest BCUT2D eigenvalue weighted by atomic mass is 32.2. The number of sulfonamides is 1. The second-order valence-electron chi connectivity index (χ2n) is 6.44. The Labute approximate surface area is 135 Å². The highest BCUT2D eigenvalue weighted by Crippen LogP contribution is 2.50. The van der Waals surface area contributed by atoms with Crippen molar-refractivity contribution in [3.63, 3.8) is 0 Å². The van der Waals surface area contributed by atoms with Gasteiger partial charge in [-0.05, 0) is 43.4 Å². The molecule has 3 rings (SSSR count). The zero-order chi connectivity index (χ0) is 16.8. The molecule has 6 nitrogen and oxygen atoms in total. The second-order valence-corrected chi connectivity index (χ2v) is 8.35. The summed E-state index contributed by atoms with van der Waals surface area (Å²) in [6, 6.07) is 6.49. The van der Waals surface area contributed by atoms with E-state index in [0.717, 1.165) is 12.8 Å². The fourth-order valence-corrected chi connectivity index (χ4v) is 5.67. The molecule has 1 saturated heterocycles. The average molecular weight is 334 g/mol. The molecule has 0 bridgehead atoms. The molecular formula is C16H18N2O4S. The lowest BCUT2D eigenvalue weighted by atomic mass is 9.81. The van der Waals surface area contributed by atoms with Gasteiger partial charge in [0.15, 0.2) is 0 Å². The number of hydrogen-bond donors (Lipinski definition) is 1. The number of aryl methyl sites for hydroxylation is 1. The van der Waals surface area contributed by atoms with Gasteiger partial charge in [0.05, 0.1) is 21.9 Å². The van der Waals surface area contributed by atoms with Gasteiger partial charge < -0.3 is 5.11 Å². The van der Waals surface area contributed by atoms with Crippen LogP contribution in [0.5, 0.6) is 0 Å². The molecule has 0 spiro atoms. The molecule has 1 saturated carbocycles. The first kappa shape index (κ1) is 16.0. The third kappa shape index (κ3) is 2.33. The van der Waals surface area contributed by atoms with E-state index in [0.29, 0.717) is 12.0 Å². The number of carbonyl (C=O) groups is 1. The van der Waals surface area contributed by atoms with E-state index in [1.165, 1.54) is 10.4 Å². The van der Waals surface area contributed by atoms with E-state index in [2.05, 4.69) is 0 Å². The van der Waals surface area contributed by atoms with Crippen molar-refractivity contribution in [2.45, 2.75) is 31.1 Å². The molecule has 0 radical (unpaired) electrons. The largest absolute Gasteiger partial charge is 0.481 e. The molecule has 1 aromatic rings. The predicted octanol–water partition coefficient (Wildman–Crippen LogP) is 1.74. The van der Waals surface area contributed by atoms with Gasteiger partial charge in [-0.2, -0.15) is 9.57 Å². The number of carboxylic acid groups (broad SMARTS) is 1. The number of nitriles is 1. The standard InChI is InChI=1S/C16H18N2O4S/c1-11-4-5-12(8-17)7-14(11)23(21,22)18-9-13-3-2-6-16(13,10-18)15(19)20/h4-5,7,13H,2-3,6,9-10H2,1H3,(H,19,20)/t13-,16+/m0/s1. The Morgan fingerprint density at radius 2 is 2.22 bits per heavy atom. The summed E-state index contributed by atoms with van der Waals surface area (Å²) < 4.78 is 27.2. The minimum atomic E-state index is -3.80. The van der Waals surface area contributed by atoms with Gasteiger partial charge in [0, 0.05) is 13.1 Å². The zero-order valence-corrected chi connectivity index (χ0v) is 13.6. The number of nitrogens with zero attached hydrogens (tertiary/aromatic N) is 2. The van der Waals surface area contributed by atoms with Crippen LogP contribution in [0.15, 0.2) is 23.1 Å². The summed E-state index contributed by atoms with van der Waals surface area (Å²) in [6.07, 6.45) is 2.10. The molecule has 0 amide bonds. The summed E-state index contributed by atoms with van der Waals surface area (Å²) in [6.45, 7) is 1.94. The van der Waals surface area contributed by atoms with Crippen LogP contribution in [-0.2, 0) is 14.8 Å². The maximum absolute atomic E-state index is 12.9. The fraction of sp³-hybridized carbons (Fsp3) is 0.500. The van der Waals surface area contributed by atoms with Gasteiger partial charge in [0.1, 0.15) is 0 Å². The molecule has 0 aromatic heterocycles. The van der Waals surface area contributed by atoms with Gasteiger partial charge in [-0.25, -0.2) is 8.42 Å². The summed E-state index contributed by atoms with van der Waals surface area (Å²) in [5.74, 6) is -1.03. The molecule has 1 aromatic carbocycles. The van der Waals surface area contributed by atoms with Gasteiger partial charge >= 0.3 is 5.97 Å². The molecule has 7 heteroatoms. The second kappa shape index (κ2) is 5.32. The van der Waals surface area contributed by atoms with Crippen molar-refractivity contribution in [1.29, 1.82) is 5.26 Å². The summed E-state index contributed by atoms with van der Waals surface area (Å²) in [4.78, 5) is 11.8. The van der Waals surface area contributed by atoms with Crippen molar-refractivity contribution in [1.82, 2.24) is 4.31 Å². The van der Waals surface area contributed by atoms with Crippen molar-refractivity contribution in [3.05, 3.63) is 29.3 Å². The lowest BCUT2D eigenvalue weighted by molar-refractivity contribution is -0.149. The zero-order valence-electron chi connectivity index (χ0n) is 12.8. The average Bonchev–Trinajstić information content (AvgIpc) is 3.05. The molecule has 1 heterocycles. The normalized spacial score (nSPS) is 27.6. The number of carboxylic acids is 1. The summed E-state index contributed by atoms with van der Waals surface area (Å²) in [7, 11) is -3.80. The van der Waals surface area contributed by atoms with Gasteiger partial charge in [-0.1, -0.05) is 12.5 Å². The number of benzene rings is 1. The van der Waals surface area contributed by atoms with E-state index >= 15 is 0 Å². The van der Waals surface area contributed by atoms with E-state index in [4.69, 9.17) is 5.26 Å². The molecule has 1 aliphatic carbocycles. The van der Waals surface area contributed by atoms with E-state index in [1.54, 1.807) is 19.1 Å². The van der Waals surface area contributed by atoms with Crippen molar-refractivity contribution in [3.8, 4) is 6.07 Å². The van der Waals surface area contributed by atoms with Crippen molar-refractivity contribution < 1.29 is 18.3 Å². The number of hydrogen-bond acceptors (Lipinski definition) is 4. The lowest BCUT2D eigenvalue weighted by Crippen LogP contribution is -2.37. The Bertz CT molecular complexity index is 812. The van der Waals surface area contributed by atoms with Gasteiger partial charge in [-0.15, -0.1) is 0 Å². The molecule has 1 aliphatic heterocycles. The van der Waals surface area contributed by atoms with Crippen LogP contribution < -0.4 is 0 Å². The molecule has 0 unspecified atom stereocenters. The number of rotatable bonds is 3. The highest BCUT2D eigenvalue weighted by molar-refractivity contribution is 7.89. The molecule has 2 fully saturated rings. The van der Waals surface area contributed by atoms with Crippen LogP contribution in [0.2, 0.25) is 0 Å². The number of aliphatic carboxylic acids is 1. The van der Waals surface area contributed by atoms with E-state index in [1.807, 2.05) is 6.07 Å². The molecule has 122 valence electrons. The summed E-state index contributed by atoms with van der Waals surface area (Å²) in [5.41, 5.74) is -0.111. The third-order valence-electron chi connectivity index (χ3n) is 5.20. The Morgan fingerprint density at radius 3 is 2.83 bits per heavy atom. The molecule has 23 heavy (non-hydrogen) atoms. The topological polar surface area (TPSA) is 98.5 Å². The van der Waals surface area contributed by atoms with Crippen molar-refractivity contribution >= 4 is 16.0 Å². The monoisotopic (exact) mass is 334 g/mol. The molecule has 2 atom stereocenters. The first-order valence-electron chi connectivity index (χ1n) is 7.55. The fourth-order valence-electron chi connectivity index (χ4n) is 3.86. The van der Waals surface area contributed by atoms with Crippen molar-refractivity contribution in [2.75, 3.05) is 13.1 Å². The van der Waals surface area contributed by atoms with Crippen LogP contribution >= 0.6 is 0 Å². The van der Waals surface area contributed by atoms with Crippen LogP contribution in [0.25, 0.3) is 0 Å². The smallest absolute Gasteiger partial charge is 0.311 e. The van der Waals surface area contributed by atoms with Crippen LogP contribution in [0, 0.1) is 29.6 Å². The van der Waals surface area contributed by atoms with Crippen LogP contribution in [-0.4, -0.2) is 36.9 Å². The predicted molar refractivity (Wildman–Crippen MR) is 82.1 cm³/mol. The summed E-state index contributed by atoms with van der Waals surface area (Å²) >= 11 is 0. The minimum absolute atomic E-state index is 0.0194. The quantitative estimate of drug-likeness (QED) is 0.908. The maximum atomic E-state index is 12.9. The first-order valence-corrected chi connectivity index (χ1v) is 8.99. The van der Waals surface area contributed by atoms with Crippen molar-refractivity contribution in [2.24, 2.45) is 11.3 Å². The molecule has 2 aliphatic rings. The third-order valence-corrected chi connectivity index (χ3v) is 7.15. The van der Waals surface area contributed by atoms with Gasteiger partial charge in [0.25, 0.3) is 0 Å². The van der Waals surface area contributed by atoms with Gasteiger partial charge in [-0.3, -0.25) is 4.79 Å². The van der Waals surface area contributed by atoms with E-state index < -0.39 is 21.4 Å². The Hall–Kier alpha value is -1.91. The molecule has 1 N–H and O–H groups in total. The van der Waals surface area contributed by atoms with Crippen LogP contribution in [0.3, 0.4) is 0 Å². The SMILES string of the molecule is Cc1ccc(C#N)cc1S(=O)(=O)N1C[C@@H]2CCC[C@@]2(C(=O)O)C1. The first-order chi connectivity index (χ1) is 10.8. The number of fused-ring (bicyclic) bond motifs is 1. The van der Waals surface area contributed by atoms with E-state index in [9.17, 15) is 18.3 Å². The van der Waals surface area contributed by atoms with Crippen LogP contribution in [0.4, 0.5) is 0 Å². The molecular weight excluding hydrogens is 316 g/mol. The Morgan fingerprint density at radius 1 is 1.48 bits per heavy atom.